The molecule has 0 unspecified atom stereocenters. The number of aromatic nitrogens is 3. The highest BCUT2D eigenvalue weighted by molar-refractivity contribution is 5.75. The standard InChI is InChI=1S/C26H31F3N6O/c1-3-10-33-11-13-34(14-12-33)17-19-4-6-20(7-5-19)18(2)31-26-30-16-21-8-9-23(36)35(25(21)32-26)22(15-27)24(28)29/h3-10,16,18,22,24H,11-15,17H2,1-2H3,(H,30,31,32)/t18-,22-/m0/s1. The molecule has 1 saturated heterocycles. The molecule has 0 aliphatic carbocycles. The number of pyridine rings is 1. The van der Waals surface area contributed by atoms with Gasteiger partial charge in [-0.15, -0.1) is 0 Å². The lowest BCUT2D eigenvalue weighted by Gasteiger charge is -2.34. The second-order valence-corrected chi connectivity index (χ2v) is 8.97. The van der Waals surface area contributed by atoms with Gasteiger partial charge in [0.2, 0.25) is 5.95 Å². The van der Waals surface area contributed by atoms with Crippen molar-refractivity contribution in [2.45, 2.75) is 38.9 Å². The van der Waals surface area contributed by atoms with E-state index in [2.05, 4.69) is 49.5 Å². The Morgan fingerprint density at radius 1 is 1.08 bits per heavy atom. The molecule has 0 amide bonds. The highest BCUT2D eigenvalue weighted by Gasteiger charge is 2.26. The number of hydrogen-bond donors (Lipinski definition) is 1. The van der Waals surface area contributed by atoms with E-state index in [0.717, 1.165) is 44.4 Å². The average Bonchev–Trinajstić information content (AvgIpc) is 2.87. The van der Waals surface area contributed by atoms with Gasteiger partial charge in [0.25, 0.3) is 12.0 Å². The summed E-state index contributed by atoms with van der Waals surface area (Å²) in [5.74, 6) is 0.171. The van der Waals surface area contributed by atoms with Crippen LogP contribution in [0.15, 0.2) is 59.7 Å². The molecule has 10 heteroatoms. The Balaban J connectivity index is 1.45. The van der Waals surface area contributed by atoms with E-state index in [-0.39, 0.29) is 17.6 Å². The molecule has 1 fully saturated rings. The minimum atomic E-state index is -3.04. The molecule has 192 valence electrons. The molecule has 3 heterocycles. The van der Waals surface area contributed by atoms with Crippen LogP contribution >= 0.6 is 0 Å². The van der Waals surface area contributed by atoms with Crippen molar-refractivity contribution in [3.8, 4) is 0 Å². The third-order valence-electron chi connectivity index (χ3n) is 6.45. The number of hydrogen-bond acceptors (Lipinski definition) is 6. The fourth-order valence-electron chi connectivity index (χ4n) is 4.41. The summed E-state index contributed by atoms with van der Waals surface area (Å²) in [6.45, 7) is 7.55. The second kappa shape index (κ2) is 11.6. The maximum atomic E-state index is 13.4. The quantitative estimate of drug-likeness (QED) is 0.470. The Bertz CT molecular complexity index is 1240. The van der Waals surface area contributed by atoms with Gasteiger partial charge in [0.15, 0.2) is 0 Å². The molecular weight excluding hydrogens is 469 g/mol. The SMILES string of the molecule is CC=CN1CCN(Cc2ccc([C@H](C)Nc3ncc4ccc(=O)n([C@@H](CF)C(F)F)c4n3)cc2)CC1. The molecule has 0 saturated carbocycles. The summed E-state index contributed by atoms with van der Waals surface area (Å²) in [7, 11) is 0. The smallest absolute Gasteiger partial charge is 0.261 e. The van der Waals surface area contributed by atoms with Gasteiger partial charge in [0, 0.05) is 50.4 Å². The maximum absolute atomic E-state index is 13.4. The summed E-state index contributed by atoms with van der Waals surface area (Å²) < 4.78 is 40.8. The van der Waals surface area contributed by atoms with E-state index < -0.39 is 24.7 Å². The molecule has 2 atom stereocenters. The zero-order valence-corrected chi connectivity index (χ0v) is 20.4. The fourth-order valence-corrected chi connectivity index (χ4v) is 4.41. The molecule has 36 heavy (non-hydrogen) atoms. The lowest BCUT2D eigenvalue weighted by atomic mass is 10.1. The Hall–Kier alpha value is -3.40. The second-order valence-electron chi connectivity index (χ2n) is 8.97. The van der Waals surface area contributed by atoms with Gasteiger partial charge in [-0.1, -0.05) is 30.3 Å². The first-order valence-electron chi connectivity index (χ1n) is 12.1. The van der Waals surface area contributed by atoms with Crippen LogP contribution in [-0.4, -0.2) is 63.6 Å². The molecule has 0 radical (unpaired) electrons. The molecule has 1 aliphatic heterocycles. The number of piperazine rings is 1. The molecular formula is C26H31F3N6O. The predicted octanol–water partition coefficient (Wildman–Crippen LogP) is 4.39. The lowest BCUT2D eigenvalue weighted by molar-refractivity contribution is 0.0688. The van der Waals surface area contributed by atoms with Crippen molar-refractivity contribution in [2.75, 3.05) is 38.2 Å². The van der Waals surface area contributed by atoms with E-state index in [1.54, 1.807) is 0 Å². The Morgan fingerprint density at radius 2 is 1.81 bits per heavy atom. The lowest BCUT2D eigenvalue weighted by Crippen LogP contribution is -2.43. The van der Waals surface area contributed by atoms with Crippen molar-refractivity contribution in [3.05, 3.63) is 76.4 Å². The van der Waals surface area contributed by atoms with Crippen LogP contribution in [0.2, 0.25) is 0 Å². The summed E-state index contributed by atoms with van der Waals surface area (Å²) >= 11 is 0. The number of rotatable bonds is 9. The van der Waals surface area contributed by atoms with Crippen LogP contribution in [0.5, 0.6) is 0 Å². The summed E-state index contributed by atoms with van der Waals surface area (Å²) in [5, 5.41) is 3.54. The monoisotopic (exact) mass is 500 g/mol. The number of anilines is 1. The van der Waals surface area contributed by atoms with Crippen molar-refractivity contribution < 1.29 is 13.2 Å². The van der Waals surface area contributed by atoms with Crippen molar-refractivity contribution >= 4 is 17.0 Å². The number of halogens is 3. The van der Waals surface area contributed by atoms with E-state index in [9.17, 15) is 18.0 Å². The molecule has 1 aliphatic rings. The molecule has 1 N–H and O–H groups in total. The van der Waals surface area contributed by atoms with Gasteiger partial charge < -0.3 is 10.2 Å². The molecule has 2 aromatic heterocycles. The third-order valence-corrected chi connectivity index (χ3v) is 6.45. The summed E-state index contributed by atoms with van der Waals surface area (Å²) in [4.78, 5) is 25.6. The fraction of sp³-hybridized carbons (Fsp3) is 0.423. The normalized spacial score (nSPS) is 16.7. The number of nitrogens with zero attached hydrogens (tertiary/aromatic N) is 5. The van der Waals surface area contributed by atoms with Crippen molar-refractivity contribution in [2.24, 2.45) is 0 Å². The van der Waals surface area contributed by atoms with Crippen molar-refractivity contribution in [1.29, 1.82) is 0 Å². The first-order chi connectivity index (χ1) is 17.4. The zero-order valence-electron chi connectivity index (χ0n) is 20.4. The number of nitrogens with one attached hydrogen (secondary N) is 1. The topological polar surface area (TPSA) is 66.3 Å². The highest BCUT2D eigenvalue weighted by atomic mass is 19.3. The van der Waals surface area contributed by atoms with Crippen LogP contribution in [0.25, 0.3) is 11.0 Å². The molecule has 0 spiro atoms. The number of alkyl halides is 3. The van der Waals surface area contributed by atoms with Gasteiger partial charge >= 0.3 is 0 Å². The zero-order chi connectivity index (χ0) is 25.7. The third kappa shape index (κ3) is 5.87. The van der Waals surface area contributed by atoms with E-state index in [4.69, 9.17) is 0 Å². The number of fused-ring (bicyclic) bond motifs is 1. The van der Waals surface area contributed by atoms with E-state index in [1.807, 2.05) is 26.0 Å². The van der Waals surface area contributed by atoms with Crippen molar-refractivity contribution in [1.82, 2.24) is 24.3 Å². The Labute approximate surface area is 208 Å². The van der Waals surface area contributed by atoms with Crippen LogP contribution in [0.4, 0.5) is 19.1 Å². The van der Waals surface area contributed by atoms with Crippen LogP contribution in [0.1, 0.15) is 37.1 Å². The Kier molecular flexibility index (Phi) is 8.25. The van der Waals surface area contributed by atoms with E-state index in [1.165, 1.54) is 17.8 Å². The van der Waals surface area contributed by atoms with Crippen LogP contribution < -0.4 is 10.9 Å². The molecule has 7 nitrogen and oxygen atoms in total. The molecule has 1 aromatic carbocycles. The number of allylic oxidation sites excluding steroid dienone is 1. The van der Waals surface area contributed by atoms with Crippen LogP contribution in [0, 0.1) is 0 Å². The van der Waals surface area contributed by atoms with E-state index >= 15 is 0 Å². The van der Waals surface area contributed by atoms with Gasteiger partial charge in [-0.2, -0.15) is 4.98 Å². The largest absolute Gasteiger partial charge is 0.375 e. The van der Waals surface area contributed by atoms with E-state index in [0.29, 0.717) is 9.95 Å². The highest BCUT2D eigenvalue weighted by Crippen LogP contribution is 2.23. The average molecular weight is 501 g/mol. The van der Waals surface area contributed by atoms with Gasteiger partial charge in [0.1, 0.15) is 18.4 Å². The first kappa shape index (κ1) is 25.7. The van der Waals surface area contributed by atoms with Crippen LogP contribution in [0.3, 0.4) is 0 Å². The van der Waals surface area contributed by atoms with Gasteiger partial charge in [-0.25, -0.2) is 18.2 Å². The van der Waals surface area contributed by atoms with Gasteiger partial charge in [0.05, 0.1) is 6.04 Å². The first-order valence-corrected chi connectivity index (χ1v) is 12.1. The van der Waals surface area contributed by atoms with Gasteiger partial charge in [-0.3, -0.25) is 14.3 Å². The molecule has 4 rings (SSSR count). The predicted molar refractivity (Wildman–Crippen MR) is 135 cm³/mol. The summed E-state index contributed by atoms with van der Waals surface area (Å²) in [5.41, 5.74) is 1.46. The Morgan fingerprint density at radius 3 is 2.44 bits per heavy atom. The van der Waals surface area contributed by atoms with Crippen LogP contribution in [-0.2, 0) is 6.54 Å². The van der Waals surface area contributed by atoms with Crippen molar-refractivity contribution in [3.63, 3.8) is 0 Å². The van der Waals surface area contributed by atoms with Gasteiger partial charge in [-0.05, 0) is 37.2 Å². The summed E-state index contributed by atoms with van der Waals surface area (Å²) in [6, 6.07) is 8.75. The minimum absolute atomic E-state index is 0.0278. The molecule has 3 aromatic rings. The molecule has 0 bridgehead atoms. The summed E-state index contributed by atoms with van der Waals surface area (Å²) in [6.07, 6.45) is 2.60. The maximum Gasteiger partial charge on any atom is 0.261 e. The number of benzene rings is 1. The minimum Gasteiger partial charge on any atom is -0.375 e.